The lowest BCUT2D eigenvalue weighted by atomic mass is 10.2. The van der Waals surface area contributed by atoms with Crippen LogP contribution < -0.4 is 5.73 Å². The lowest BCUT2D eigenvalue weighted by Crippen LogP contribution is -2.04. The van der Waals surface area contributed by atoms with Gasteiger partial charge in [-0.3, -0.25) is 9.97 Å². The Morgan fingerprint density at radius 2 is 2.09 bits per heavy atom. The van der Waals surface area contributed by atoms with E-state index >= 15 is 0 Å². The molecule has 2 N–H and O–H groups in total. The van der Waals surface area contributed by atoms with Crippen molar-refractivity contribution in [1.29, 1.82) is 0 Å². The van der Waals surface area contributed by atoms with Gasteiger partial charge in [-0.1, -0.05) is 0 Å². The molecule has 0 unspecified atom stereocenters. The first-order valence-corrected chi connectivity index (χ1v) is 3.82. The molecule has 3 heteroatoms. The highest BCUT2D eigenvalue weighted by atomic mass is 14.8. The van der Waals surface area contributed by atoms with Gasteiger partial charge in [0.1, 0.15) is 0 Å². The summed E-state index contributed by atoms with van der Waals surface area (Å²) in [6.45, 7) is 1.98. The summed E-state index contributed by atoms with van der Waals surface area (Å²) in [5, 5.41) is 0. The minimum absolute atomic E-state index is 0.324. The lowest BCUT2D eigenvalue weighted by molar-refractivity contribution is 0.902. The maximum absolute atomic E-state index is 5.70. The normalized spacial score (nSPS) is 28.5. The number of aryl methyl sites for hydroxylation is 1. The molecule has 1 aliphatic rings. The molecule has 0 bridgehead atoms. The molecule has 1 aliphatic carbocycles. The fourth-order valence-electron chi connectivity index (χ4n) is 1.31. The van der Waals surface area contributed by atoms with E-state index in [1.165, 1.54) is 0 Å². The van der Waals surface area contributed by atoms with E-state index < -0.39 is 0 Å². The number of hydrogen-bond donors (Lipinski definition) is 1. The van der Waals surface area contributed by atoms with Gasteiger partial charge in [0.2, 0.25) is 0 Å². The third-order valence-corrected chi connectivity index (χ3v) is 2.11. The van der Waals surface area contributed by atoms with Gasteiger partial charge in [0.15, 0.2) is 0 Å². The summed E-state index contributed by atoms with van der Waals surface area (Å²) in [5.74, 6) is 0.476. The first-order chi connectivity index (χ1) is 5.29. The molecule has 3 nitrogen and oxygen atoms in total. The maximum atomic E-state index is 5.70. The van der Waals surface area contributed by atoms with E-state index in [0.717, 1.165) is 17.8 Å². The summed E-state index contributed by atoms with van der Waals surface area (Å²) in [5.41, 5.74) is 7.80. The summed E-state index contributed by atoms with van der Waals surface area (Å²) in [4.78, 5) is 8.40. The molecule has 1 heterocycles. The van der Waals surface area contributed by atoms with E-state index in [1.54, 1.807) is 12.4 Å². The van der Waals surface area contributed by atoms with Crippen LogP contribution in [0.15, 0.2) is 12.4 Å². The molecule has 0 aromatic carbocycles. The van der Waals surface area contributed by atoms with Gasteiger partial charge in [0.05, 0.1) is 11.4 Å². The van der Waals surface area contributed by atoms with Crippen molar-refractivity contribution in [3.63, 3.8) is 0 Å². The molecule has 11 heavy (non-hydrogen) atoms. The first-order valence-electron chi connectivity index (χ1n) is 3.82. The summed E-state index contributed by atoms with van der Waals surface area (Å²) in [6.07, 6.45) is 4.51. The number of nitrogens with two attached hydrogens (primary N) is 1. The molecule has 1 aromatic rings. The Balaban J connectivity index is 2.31. The Morgan fingerprint density at radius 1 is 1.45 bits per heavy atom. The van der Waals surface area contributed by atoms with Crippen LogP contribution in [0.3, 0.4) is 0 Å². The van der Waals surface area contributed by atoms with Crippen molar-refractivity contribution in [1.82, 2.24) is 9.97 Å². The first kappa shape index (κ1) is 6.73. The molecular formula is C8H11N3. The quantitative estimate of drug-likeness (QED) is 0.636. The number of aromatic nitrogens is 2. The molecule has 1 aromatic heterocycles. The Kier molecular flexibility index (Phi) is 1.39. The molecule has 1 saturated carbocycles. The molecular weight excluding hydrogens is 138 g/mol. The highest BCUT2D eigenvalue weighted by molar-refractivity contribution is 5.23. The fourth-order valence-corrected chi connectivity index (χ4v) is 1.31. The Morgan fingerprint density at radius 3 is 2.64 bits per heavy atom. The van der Waals surface area contributed by atoms with E-state index in [9.17, 15) is 0 Å². The van der Waals surface area contributed by atoms with Crippen LogP contribution in [0.1, 0.15) is 23.7 Å². The van der Waals surface area contributed by atoms with Crippen LogP contribution in [0.2, 0.25) is 0 Å². The van der Waals surface area contributed by atoms with Crippen molar-refractivity contribution < 1.29 is 0 Å². The minimum Gasteiger partial charge on any atom is -0.327 e. The molecule has 1 fully saturated rings. The highest BCUT2D eigenvalue weighted by Gasteiger charge is 2.37. The van der Waals surface area contributed by atoms with E-state index in [1.807, 2.05) is 6.92 Å². The summed E-state index contributed by atoms with van der Waals surface area (Å²) in [7, 11) is 0. The largest absolute Gasteiger partial charge is 0.327 e. The second-order valence-corrected chi connectivity index (χ2v) is 3.03. The van der Waals surface area contributed by atoms with Crippen molar-refractivity contribution in [2.24, 2.45) is 5.73 Å². The topological polar surface area (TPSA) is 51.8 Å². The Hall–Kier alpha value is -0.960. The van der Waals surface area contributed by atoms with Crippen LogP contribution in [0.4, 0.5) is 0 Å². The summed E-state index contributed by atoms with van der Waals surface area (Å²) >= 11 is 0. The van der Waals surface area contributed by atoms with Gasteiger partial charge in [0.25, 0.3) is 0 Å². The SMILES string of the molecule is Cc1nccnc1[C@@H]1C[C@H]1N. The van der Waals surface area contributed by atoms with E-state index in [2.05, 4.69) is 9.97 Å². The number of hydrogen-bond acceptors (Lipinski definition) is 3. The zero-order valence-electron chi connectivity index (χ0n) is 6.49. The predicted molar refractivity (Wildman–Crippen MR) is 42.1 cm³/mol. The van der Waals surface area contributed by atoms with Crippen molar-refractivity contribution in [3.05, 3.63) is 23.8 Å². The number of rotatable bonds is 1. The standard InChI is InChI=1S/C8H11N3/c1-5-8(6-4-7(6)9)11-3-2-10-5/h2-3,6-7H,4,9H2,1H3/t6-,7-/m1/s1. The van der Waals surface area contributed by atoms with Gasteiger partial charge in [-0.15, -0.1) is 0 Å². The lowest BCUT2D eigenvalue weighted by Gasteiger charge is -1.99. The van der Waals surface area contributed by atoms with Crippen LogP contribution >= 0.6 is 0 Å². The molecule has 0 aliphatic heterocycles. The molecule has 2 rings (SSSR count). The molecule has 58 valence electrons. The zero-order valence-corrected chi connectivity index (χ0v) is 6.49. The maximum Gasteiger partial charge on any atom is 0.0662 e. The highest BCUT2D eigenvalue weighted by Crippen LogP contribution is 2.38. The number of nitrogens with zero attached hydrogens (tertiary/aromatic N) is 2. The summed E-state index contributed by atoms with van der Waals surface area (Å²) < 4.78 is 0. The van der Waals surface area contributed by atoms with Gasteiger partial charge in [-0.05, 0) is 13.3 Å². The van der Waals surface area contributed by atoms with E-state index in [4.69, 9.17) is 5.73 Å². The third-order valence-electron chi connectivity index (χ3n) is 2.11. The van der Waals surface area contributed by atoms with Gasteiger partial charge < -0.3 is 5.73 Å². The smallest absolute Gasteiger partial charge is 0.0662 e. The predicted octanol–water partition coefficient (Wildman–Crippen LogP) is 0.600. The molecule has 2 atom stereocenters. The van der Waals surface area contributed by atoms with Crippen LogP contribution in [0, 0.1) is 6.92 Å². The second kappa shape index (κ2) is 2.27. The third kappa shape index (κ3) is 1.12. The second-order valence-electron chi connectivity index (χ2n) is 3.03. The van der Waals surface area contributed by atoms with Crippen molar-refractivity contribution in [2.45, 2.75) is 25.3 Å². The molecule has 0 amide bonds. The van der Waals surface area contributed by atoms with Gasteiger partial charge in [-0.2, -0.15) is 0 Å². The molecule has 0 saturated heterocycles. The monoisotopic (exact) mass is 149 g/mol. The average molecular weight is 149 g/mol. The van der Waals surface area contributed by atoms with Crippen LogP contribution in [-0.4, -0.2) is 16.0 Å². The van der Waals surface area contributed by atoms with E-state index in [-0.39, 0.29) is 0 Å². The zero-order chi connectivity index (χ0) is 7.84. The molecule has 0 radical (unpaired) electrons. The van der Waals surface area contributed by atoms with Crippen molar-refractivity contribution in [3.8, 4) is 0 Å². The molecule has 0 spiro atoms. The van der Waals surface area contributed by atoms with Crippen LogP contribution in [0.5, 0.6) is 0 Å². The van der Waals surface area contributed by atoms with Crippen molar-refractivity contribution >= 4 is 0 Å². The Labute approximate surface area is 65.7 Å². The van der Waals surface area contributed by atoms with Gasteiger partial charge in [-0.25, -0.2) is 0 Å². The van der Waals surface area contributed by atoms with Crippen molar-refractivity contribution in [2.75, 3.05) is 0 Å². The van der Waals surface area contributed by atoms with Gasteiger partial charge >= 0.3 is 0 Å². The fraction of sp³-hybridized carbons (Fsp3) is 0.500. The average Bonchev–Trinajstić information content (AvgIpc) is 2.68. The van der Waals surface area contributed by atoms with E-state index in [0.29, 0.717) is 12.0 Å². The minimum atomic E-state index is 0.324. The van der Waals surface area contributed by atoms with Crippen LogP contribution in [0.25, 0.3) is 0 Å². The Bertz CT molecular complexity index is 272. The summed E-state index contributed by atoms with van der Waals surface area (Å²) in [6, 6.07) is 0.324. The van der Waals surface area contributed by atoms with Gasteiger partial charge in [0, 0.05) is 24.4 Å². The van der Waals surface area contributed by atoms with Crippen LogP contribution in [-0.2, 0) is 0 Å².